The van der Waals surface area contributed by atoms with Crippen LogP contribution in [0, 0.1) is 0 Å². The van der Waals surface area contributed by atoms with Crippen molar-refractivity contribution in [2.24, 2.45) is 14.1 Å². The SMILES string of the molecule is CCCCCCCCCCCC(=O)NCC(O)CCCCCCCCCn1c(=O)c2c(ncn2C)n(C)c1=O. The van der Waals surface area contributed by atoms with Gasteiger partial charge in [0.1, 0.15) is 0 Å². The molecule has 0 spiro atoms. The molecule has 1 amide bonds. The second kappa shape index (κ2) is 18.8. The fourth-order valence-electron chi connectivity index (χ4n) is 5.15. The van der Waals surface area contributed by atoms with Crippen molar-refractivity contribution in [3.05, 3.63) is 27.2 Å². The number of rotatable bonds is 22. The number of carbonyl (C=O) groups excluding carboxylic acids is 1. The van der Waals surface area contributed by atoms with E-state index in [2.05, 4.69) is 17.2 Å². The molecular weight excluding hydrogens is 494 g/mol. The fraction of sp³-hybridized carbons (Fsp3) is 0.800. The van der Waals surface area contributed by atoms with Gasteiger partial charge in [0.25, 0.3) is 5.56 Å². The lowest BCUT2D eigenvalue weighted by Crippen LogP contribution is -2.39. The molecule has 0 aliphatic heterocycles. The van der Waals surface area contributed by atoms with Gasteiger partial charge in [-0.25, -0.2) is 9.78 Å². The van der Waals surface area contributed by atoms with E-state index in [4.69, 9.17) is 0 Å². The molecule has 0 radical (unpaired) electrons. The van der Waals surface area contributed by atoms with Gasteiger partial charge in [-0.05, 0) is 19.3 Å². The average molecular weight is 548 g/mol. The first kappa shape index (κ1) is 32.8. The number of aliphatic hydroxyl groups is 1. The number of fused-ring (bicyclic) bond motifs is 1. The van der Waals surface area contributed by atoms with Crippen molar-refractivity contribution in [1.29, 1.82) is 0 Å². The summed E-state index contributed by atoms with van der Waals surface area (Å²) < 4.78 is 4.42. The van der Waals surface area contributed by atoms with Gasteiger partial charge in [0, 0.05) is 33.6 Å². The Labute approximate surface area is 234 Å². The monoisotopic (exact) mass is 547 g/mol. The average Bonchev–Trinajstić information content (AvgIpc) is 3.32. The minimum Gasteiger partial charge on any atom is -0.391 e. The maximum Gasteiger partial charge on any atom is 0.332 e. The number of aryl methyl sites for hydroxylation is 2. The summed E-state index contributed by atoms with van der Waals surface area (Å²) in [5.74, 6) is 0.0531. The number of unbranched alkanes of at least 4 members (excludes halogenated alkanes) is 14. The van der Waals surface area contributed by atoms with E-state index in [9.17, 15) is 19.5 Å². The zero-order chi connectivity index (χ0) is 28.5. The van der Waals surface area contributed by atoms with Crippen molar-refractivity contribution in [1.82, 2.24) is 24.0 Å². The molecule has 2 heterocycles. The Morgan fingerprint density at radius 3 is 2.08 bits per heavy atom. The Kier molecular flexibility index (Phi) is 15.8. The number of nitrogens with one attached hydrogen (secondary N) is 1. The number of aromatic nitrogens is 4. The molecule has 0 fully saturated rings. The number of hydrogen-bond donors (Lipinski definition) is 2. The van der Waals surface area contributed by atoms with Gasteiger partial charge in [-0.2, -0.15) is 0 Å². The molecule has 0 bridgehead atoms. The van der Waals surface area contributed by atoms with Crippen LogP contribution in [0.2, 0.25) is 0 Å². The van der Waals surface area contributed by atoms with Gasteiger partial charge < -0.3 is 15.0 Å². The molecule has 9 nitrogen and oxygen atoms in total. The van der Waals surface area contributed by atoms with Crippen LogP contribution in [0.5, 0.6) is 0 Å². The highest BCUT2D eigenvalue weighted by molar-refractivity contribution is 5.75. The van der Waals surface area contributed by atoms with Gasteiger partial charge in [0.05, 0.1) is 12.4 Å². The van der Waals surface area contributed by atoms with Gasteiger partial charge in [-0.3, -0.25) is 18.7 Å². The molecule has 1 atom stereocenters. The summed E-state index contributed by atoms with van der Waals surface area (Å²) in [6.07, 6.45) is 20.5. The quantitative estimate of drug-likeness (QED) is 0.203. The van der Waals surface area contributed by atoms with Crippen molar-refractivity contribution in [3.8, 4) is 0 Å². The second-order valence-electron chi connectivity index (χ2n) is 11.1. The van der Waals surface area contributed by atoms with Crippen molar-refractivity contribution >= 4 is 17.1 Å². The molecule has 9 heteroatoms. The highest BCUT2D eigenvalue weighted by Gasteiger charge is 2.14. The van der Waals surface area contributed by atoms with Crippen molar-refractivity contribution in [3.63, 3.8) is 0 Å². The predicted octanol–water partition coefficient (Wildman–Crippen LogP) is 4.95. The zero-order valence-electron chi connectivity index (χ0n) is 24.8. The van der Waals surface area contributed by atoms with Gasteiger partial charge in [0.15, 0.2) is 11.2 Å². The van der Waals surface area contributed by atoms with Crippen LogP contribution in [-0.4, -0.2) is 42.3 Å². The van der Waals surface area contributed by atoms with Gasteiger partial charge >= 0.3 is 5.69 Å². The lowest BCUT2D eigenvalue weighted by molar-refractivity contribution is -0.121. The normalized spacial score (nSPS) is 12.3. The highest BCUT2D eigenvalue weighted by atomic mass is 16.3. The molecule has 222 valence electrons. The third kappa shape index (κ3) is 11.7. The van der Waals surface area contributed by atoms with Crippen LogP contribution in [-0.2, 0) is 25.4 Å². The fourth-order valence-corrected chi connectivity index (χ4v) is 5.15. The summed E-state index contributed by atoms with van der Waals surface area (Å²) >= 11 is 0. The first-order chi connectivity index (χ1) is 18.9. The lowest BCUT2D eigenvalue weighted by atomic mass is 10.1. The molecule has 39 heavy (non-hydrogen) atoms. The topological polar surface area (TPSA) is 111 Å². The van der Waals surface area contributed by atoms with Crippen LogP contribution >= 0.6 is 0 Å². The molecule has 2 aromatic rings. The van der Waals surface area contributed by atoms with Crippen LogP contribution in [0.25, 0.3) is 11.2 Å². The van der Waals surface area contributed by atoms with Crippen LogP contribution in [0.15, 0.2) is 15.9 Å². The molecular formula is C30H53N5O4. The first-order valence-electron chi connectivity index (χ1n) is 15.4. The highest BCUT2D eigenvalue weighted by Crippen LogP contribution is 2.12. The van der Waals surface area contributed by atoms with E-state index < -0.39 is 6.10 Å². The van der Waals surface area contributed by atoms with Crippen molar-refractivity contribution in [2.45, 2.75) is 135 Å². The van der Waals surface area contributed by atoms with Gasteiger partial charge in [-0.1, -0.05) is 96.8 Å². The molecule has 0 aliphatic rings. The number of aliphatic hydroxyl groups excluding tert-OH is 1. The van der Waals surface area contributed by atoms with Gasteiger partial charge in [-0.15, -0.1) is 0 Å². The molecule has 2 N–H and O–H groups in total. The number of nitrogens with zero attached hydrogens (tertiary/aromatic N) is 4. The van der Waals surface area contributed by atoms with E-state index in [0.717, 1.165) is 57.8 Å². The number of hydrogen-bond acceptors (Lipinski definition) is 5. The summed E-state index contributed by atoms with van der Waals surface area (Å²) in [7, 11) is 3.41. The third-order valence-electron chi connectivity index (χ3n) is 7.66. The number of amides is 1. The standard InChI is InChI=1S/C30H53N5O4/c1-4-5-6-7-8-9-12-15-18-21-26(37)31-23-25(36)20-17-14-11-10-13-16-19-22-35-29(38)27-28(32-24-33(27)2)34(3)30(35)39/h24-25,36H,4-23H2,1-3H3,(H,31,37). The Bertz CT molecular complexity index is 1090. The third-order valence-corrected chi connectivity index (χ3v) is 7.66. The Hall–Kier alpha value is -2.42. The maximum absolute atomic E-state index is 12.7. The molecule has 0 saturated carbocycles. The summed E-state index contributed by atoms with van der Waals surface area (Å²) in [4.78, 5) is 41.4. The van der Waals surface area contributed by atoms with E-state index in [1.807, 2.05) is 0 Å². The minimum absolute atomic E-state index is 0.0531. The predicted molar refractivity (Wildman–Crippen MR) is 158 cm³/mol. The van der Waals surface area contributed by atoms with E-state index in [0.29, 0.717) is 37.1 Å². The summed E-state index contributed by atoms with van der Waals surface area (Å²) in [6, 6.07) is 0. The molecule has 2 rings (SSSR count). The van der Waals surface area contributed by atoms with Crippen LogP contribution in [0.4, 0.5) is 0 Å². The summed E-state index contributed by atoms with van der Waals surface area (Å²) in [6.45, 7) is 3.00. The molecule has 2 aromatic heterocycles. The van der Waals surface area contributed by atoms with Gasteiger partial charge in [0.2, 0.25) is 5.91 Å². The molecule has 1 unspecified atom stereocenters. The van der Waals surface area contributed by atoms with Crippen molar-refractivity contribution in [2.75, 3.05) is 6.54 Å². The Balaban J connectivity index is 1.45. The number of carbonyl (C=O) groups is 1. The molecule has 0 aromatic carbocycles. The lowest BCUT2D eigenvalue weighted by Gasteiger charge is -2.12. The maximum atomic E-state index is 12.7. The minimum atomic E-state index is -0.477. The van der Waals surface area contributed by atoms with E-state index in [1.165, 1.54) is 54.1 Å². The zero-order valence-corrected chi connectivity index (χ0v) is 24.8. The second-order valence-corrected chi connectivity index (χ2v) is 11.1. The van der Waals surface area contributed by atoms with Crippen LogP contribution < -0.4 is 16.6 Å². The molecule has 0 saturated heterocycles. The van der Waals surface area contributed by atoms with E-state index in [1.54, 1.807) is 25.0 Å². The molecule has 0 aliphatic carbocycles. The van der Waals surface area contributed by atoms with E-state index >= 15 is 0 Å². The van der Waals surface area contributed by atoms with Crippen LogP contribution in [0.3, 0.4) is 0 Å². The first-order valence-corrected chi connectivity index (χ1v) is 15.4. The van der Waals surface area contributed by atoms with E-state index in [-0.39, 0.29) is 17.2 Å². The summed E-state index contributed by atoms with van der Waals surface area (Å²) in [5, 5.41) is 13.0. The number of imidazole rings is 1. The largest absolute Gasteiger partial charge is 0.391 e. The Morgan fingerprint density at radius 2 is 1.44 bits per heavy atom. The van der Waals surface area contributed by atoms with Crippen molar-refractivity contribution < 1.29 is 9.90 Å². The summed E-state index contributed by atoms with van der Waals surface area (Å²) in [5.41, 5.74) is 0.291. The smallest absolute Gasteiger partial charge is 0.332 e. The van der Waals surface area contributed by atoms with Crippen LogP contribution in [0.1, 0.15) is 122 Å². The Morgan fingerprint density at radius 1 is 0.872 bits per heavy atom.